The first-order valence-corrected chi connectivity index (χ1v) is 11.0. The molecule has 0 aliphatic carbocycles. The Labute approximate surface area is 178 Å². The van der Waals surface area contributed by atoms with Crippen molar-refractivity contribution in [2.45, 2.75) is 29.9 Å². The second-order valence-electron chi connectivity index (χ2n) is 7.26. The molecule has 1 aromatic heterocycles. The van der Waals surface area contributed by atoms with Crippen molar-refractivity contribution < 1.29 is 18.7 Å². The maximum Gasteiger partial charge on any atom is 0.277 e. The molecule has 0 saturated carbocycles. The van der Waals surface area contributed by atoms with Crippen LogP contribution in [0.15, 0.2) is 58.2 Å². The van der Waals surface area contributed by atoms with Gasteiger partial charge in [0, 0.05) is 24.4 Å². The van der Waals surface area contributed by atoms with Crippen molar-refractivity contribution in [1.82, 2.24) is 15.1 Å². The molecule has 0 bridgehead atoms. The zero-order valence-corrected chi connectivity index (χ0v) is 17.1. The van der Waals surface area contributed by atoms with Crippen LogP contribution in [0.4, 0.5) is 0 Å². The normalized spacial score (nSPS) is 17.9. The van der Waals surface area contributed by atoms with E-state index in [-0.39, 0.29) is 5.91 Å². The van der Waals surface area contributed by atoms with Crippen molar-refractivity contribution in [3.05, 3.63) is 65.5 Å². The summed E-state index contributed by atoms with van der Waals surface area (Å²) in [5.74, 6) is 2.58. The standard InChI is InChI=1S/C22H21N3O4S/c26-21(25-11-3-4-12-25)16-9-7-15(8-10-16)14-30-22-24-23-20(29-22)19-13-27-17-5-1-2-6-18(17)28-19/h1-2,5-10,19H,3-4,11-14H2. The third-order valence-electron chi connectivity index (χ3n) is 5.16. The van der Waals surface area contributed by atoms with Crippen LogP contribution < -0.4 is 9.47 Å². The Bertz CT molecular complexity index is 1030. The third kappa shape index (κ3) is 4.00. The van der Waals surface area contributed by atoms with Gasteiger partial charge in [0.1, 0.15) is 6.61 Å². The summed E-state index contributed by atoms with van der Waals surface area (Å²) in [5.41, 5.74) is 1.82. The Morgan fingerprint density at radius 3 is 2.60 bits per heavy atom. The maximum absolute atomic E-state index is 12.4. The number of rotatable bonds is 5. The fraction of sp³-hybridized carbons (Fsp3) is 0.318. The SMILES string of the molecule is O=C(c1ccc(CSc2nnc(C3COc4ccccc4O3)o2)cc1)N1CCCC1. The lowest BCUT2D eigenvalue weighted by molar-refractivity contribution is 0.0686. The summed E-state index contributed by atoms with van der Waals surface area (Å²) in [7, 11) is 0. The summed E-state index contributed by atoms with van der Waals surface area (Å²) in [5, 5.41) is 8.70. The third-order valence-corrected chi connectivity index (χ3v) is 6.05. The Morgan fingerprint density at radius 1 is 1.03 bits per heavy atom. The molecule has 8 heteroatoms. The van der Waals surface area contributed by atoms with Crippen molar-refractivity contribution in [1.29, 1.82) is 0 Å². The van der Waals surface area contributed by atoms with Gasteiger partial charge in [-0.3, -0.25) is 4.79 Å². The first-order valence-electron chi connectivity index (χ1n) is 9.99. The average Bonchev–Trinajstić information content (AvgIpc) is 3.50. The van der Waals surface area contributed by atoms with E-state index in [0.717, 1.165) is 42.8 Å². The van der Waals surface area contributed by atoms with Gasteiger partial charge in [-0.15, -0.1) is 10.2 Å². The van der Waals surface area contributed by atoms with E-state index in [0.29, 0.717) is 29.2 Å². The minimum Gasteiger partial charge on any atom is -0.485 e. The molecule has 1 saturated heterocycles. The van der Waals surface area contributed by atoms with Crippen LogP contribution in [0.2, 0.25) is 0 Å². The molecule has 1 atom stereocenters. The van der Waals surface area contributed by atoms with Gasteiger partial charge in [0.2, 0.25) is 6.10 Å². The Hall–Kier alpha value is -3.00. The van der Waals surface area contributed by atoms with E-state index in [1.807, 2.05) is 53.4 Å². The highest BCUT2D eigenvalue weighted by Gasteiger charge is 2.27. The second kappa shape index (κ2) is 8.39. The minimum absolute atomic E-state index is 0.115. The summed E-state index contributed by atoms with van der Waals surface area (Å²) in [4.78, 5) is 14.3. The van der Waals surface area contributed by atoms with E-state index >= 15 is 0 Å². The topological polar surface area (TPSA) is 77.7 Å². The summed E-state index contributed by atoms with van der Waals surface area (Å²) >= 11 is 1.45. The number of carbonyl (C=O) groups is 1. The molecule has 1 fully saturated rings. The molecular formula is C22H21N3O4S. The van der Waals surface area contributed by atoms with Crippen molar-refractivity contribution in [2.75, 3.05) is 19.7 Å². The van der Waals surface area contributed by atoms with Crippen molar-refractivity contribution in [3.63, 3.8) is 0 Å². The molecular weight excluding hydrogens is 402 g/mol. The summed E-state index contributed by atoms with van der Waals surface area (Å²) in [6.07, 6.45) is 1.77. The second-order valence-corrected chi connectivity index (χ2v) is 8.18. The number of ether oxygens (including phenoxy) is 2. The lowest BCUT2D eigenvalue weighted by Gasteiger charge is -2.23. The molecule has 3 heterocycles. The highest BCUT2D eigenvalue weighted by atomic mass is 32.2. The molecule has 2 aliphatic heterocycles. The van der Waals surface area contributed by atoms with Gasteiger partial charge < -0.3 is 18.8 Å². The van der Waals surface area contributed by atoms with E-state index in [4.69, 9.17) is 13.9 Å². The lowest BCUT2D eigenvalue weighted by atomic mass is 10.1. The monoisotopic (exact) mass is 423 g/mol. The quantitative estimate of drug-likeness (QED) is 0.572. The fourth-order valence-electron chi connectivity index (χ4n) is 3.54. The van der Waals surface area contributed by atoms with E-state index < -0.39 is 6.10 Å². The van der Waals surface area contributed by atoms with Gasteiger partial charge in [0.05, 0.1) is 0 Å². The van der Waals surface area contributed by atoms with Crippen LogP contribution in [0, 0.1) is 0 Å². The summed E-state index contributed by atoms with van der Waals surface area (Å²) in [6.45, 7) is 2.05. The van der Waals surface area contributed by atoms with E-state index in [1.165, 1.54) is 11.8 Å². The molecule has 2 aliphatic rings. The van der Waals surface area contributed by atoms with Crippen LogP contribution in [0.3, 0.4) is 0 Å². The van der Waals surface area contributed by atoms with Crippen LogP contribution in [-0.2, 0) is 5.75 Å². The van der Waals surface area contributed by atoms with E-state index in [1.54, 1.807) is 0 Å². The first kappa shape index (κ1) is 19.0. The van der Waals surface area contributed by atoms with E-state index in [2.05, 4.69) is 10.2 Å². The van der Waals surface area contributed by atoms with Gasteiger partial charge in [-0.2, -0.15) is 0 Å². The van der Waals surface area contributed by atoms with Gasteiger partial charge in [-0.05, 0) is 42.7 Å². The zero-order chi connectivity index (χ0) is 20.3. The van der Waals surface area contributed by atoms with Crippen molar-refractivity contribution >= 4 is 17.7 Å². The number of likely N-dealkylation sites (tertiary alicyclic amines) is 1. The van der Waals surface area contributed by atoms with Gasteiger partial charge in [0.25, 0.3) is 17.0 Å². The molecule has 1 amide bonds. The van der Waals surface area contributed by atoms with E-state index in [9.17, 15) is 4.79 Å². The van der Waals surface area contributed by atoms with Gasteiger partial charge in [-0.25, -0.2) is 0 Å². The van der Waals surface area contributed by atoms with Crippen LogP contribution in [0.1, 0.15) is 40.8 Å². The average molecular weight is 423 g/mol. The number of fused-ring (bicyclic) bond motifs is 1. The number of hydrogen-bond acceptors (Lipinski definition) is 7. The largest absolute Gasteiger partial charge is 0.485 e. The Kier molecular flexibility index (Phi) is 5.31. The van der Waals surface area contributed by atoms with Crippen molar-refractivity contribution in [3.8, 4) is 11.5 Å². The highest BCUT2D eigenvalue weighted by Crippen LogP contribution is 2.36. The Balaban J connectivity index is 1.18. The number of para-hydroxylation sites is 2. The van der Waals surface area contributed by atoms with Crippen LogP contribution in [0.25, 0.3) is 0 Å². The zero-order valence-electron chi connectivity index (χ0n) is 16.3. The van der Waals surface area contributed by atoms with Gasteiger partial charge in [0.15, 0.2) is 11.5 Å². The molecule has 1 unspecified atom stereocenters. The van der Waals surface area contributed by atoms with Crippen LogP contribution >= 0.6 is 11.8 Å². The highest BCUT2D eigenvalue weighted by molar-refractivity contribution is 7.98. The molecule has 7 nitrogen and oxygen atoms in total. The molecule has 3 aromatic rings. The van der Waals surface area contributed by atoms with Crippen molar-refractivity contribution in [2.24, 2.45) is 0 Å². The summed E-state index contributed by atoms with van der Waals surface area (Å²) in [6, 6.07) is 15.2. The fourth-order valence-corrected chi connectivity index (χ4v) is 4.27. The number of carbonyl (C=O) groups excluding carboxylic acids is 1. The minimum atomic E-state index is -0.419. The smallest absolute Gasteiger partial charge is 0.277 e. The molecule has 2 aromatic carbocycles. The van der Waals surface area contributed by atoms with Crippen LogP contribution in [0.5, 0.6) is 11.5 Å². The van der Waals surface area contributed by atoms with Crippen LogP contribution in [-0.4, -0.2) is 40.7 Å². The number of hydrogen-bond donors (Lipinski definition) is 0. The number of thioether (sulfide) groups is 1. The molecule has 154 valence electrons. The predicted molar refractivity (Wildman–Crippen MR) is 111 cm³/mol. The number of nitrogens with zero attached hydrogens (tertiary/aromatic N) is 3. The molecule has 30 heavy (non-hydrogen) atoms. The molecule has 5 rings (SSSR count). The number of amides is 1. The first-order chi connectivity index (χ1) is 14.8. The lowest BCUT2D eigenvalue weighted by Crippen LogP contribution is -2.27. The predicted octanol–water partition coefficient (Wildman–Crippen LogP) is 4.11. The Morgan fingerprint density at radius 2 is 1.80 bits per heavy atom. The molecule has 0 radical (unpaired) electrons. The maximum atomic E-state index is 12.4. The summed E-state index contributed by atoms with van der Waals surface area (Å²) < 4.78 is 17.4. The number of aromatic nitrogens is 2. The molecule has 0 spiro atoms. The number of benzene rings is 2. The molecule has 0 N–H and O–H groups in total. The van der Waals surface area contributed by atoms with Gasteiger partial charge in [-0.1, -0.05) is 36.0 Å². The van der Waals surface area contributed by atoms with Gasteiger partial charge >= 0.3 is 0 Å².